The molecule has 5 nitrogen and oxygen atoms in total. The van der Waals surface area contributed by atoms with Crippen LogP contribution in [0.2, 0.25) is 5.02 Å². The van der Waals surface area contributed by atoms with Gasteiger partial charge in [0.05, 0.1) is 5.69 Å². The van der Waals surface area contributed by atoms with E-state index in [0.717, 1.165) is 11.1 Å². The Morgan fingerprint density at radius 1 is 1.07 bits per heavy atom. The van der Waals surface area contributed by atoms with Gasteiger partial charge in [0.15, 0.2) is 5.60 Å². The number of amides is 2. The van der Waals surface area contributed by atoms with Gasteiger partial charge >= 0.3 is 0 Å². The minimum absolute atomic E-state index is 0.216. The number of carbonyl (C=O) groups excluding carboxylic acids is 2. The van der Waals surface area contributed by atoms with Gasteiger partial charge in [-0.15, -0.1) is 0 Å². The van der Waals surface area contributed by atoms with Crippen molar-refractivity contribution in [3.05, 3.63) is 94.0 Å². The average molecular weight is 421 g/mol. The van der Waals surface area contributed by atoms with E-state index < -0.39 is 11.5 Å². The lowest BCUT2D eigenvalue weighted by molar-refractivity contribution is -0.133. The third-order valence-corrected chi connectivity index (χ3v) is 5.59. The molecule has 4 rings (SSSR count). The van der Waals surface area contributed by atoms with Crippen LogP contribution in [0.15, 0.2) is 66.7 Å². The highest BCUT2D eigenvalue weighted by atomic mass is 35.5. The van der Waals surface area contributed by atoms with Crippen molar-refractivity contribution in [1.82, 2.24) is 0 Å². The van der Waals surface area contributed by atoms with Gasteiger partial charge < -0.3 is 10.4 Å². The number of anilines is 2. The summed E-state index contributed by atoms with van der Waals surface area (Å²) < 4.78 is 0. The second kappa shape index (κ2) is 7.59. The summed E-state index contributed by atoms with van der Waals surface area (Å²) in [6.07, 6.45) is 0. The third-order valence-electron chi connectivity index (χ3n) is 5.35. The predicted molar refractivity (Wildman–Crippen MR) is 118 cm³/mol. The van der Waals surface area contributed by atoms with Gasteiger partial charge in [-0.1, -0.05) is 54.1 Å². The summed E-state index contributed by atoms with van der Waals surface area (Å²) in [6.45, 7) is 3.63. The Balaban J connectivity index is 1.67. The zero-order valence-electron chi connectivity index (χ0n) is 16.6. The Bertz CT molecular complexity index is 1160. The van der Waals surface area contributed by atoms with Crippen molar-refractivity contribution in [3.8, 4) is 0 Å². The first-order valence-corrected chi connectivity index (χ1v) is 9.95. The maximum Gasteiger partial charge on any atom is 0.268 e. The predicted octanol–water partition coefficient (Wildman–Crippen LogP) is 4.18. The molecule has 0 spiro atoms. The van der Waals surface area contributed by atoms with Gasteiger partial charge in [0.2, 0.25) is 5.91 Å². The number of carbonyl (C=O) groups is 2. The number of benzene rings is 3. The van der Waals surface area contributed by atoms with E-state index in [4.69, 9.17) is 11.6 Å². The minimum Gasteiger partial charge on any atom is -0.372 e. The lowest BCUT2D eigenvalue weighted by Gasteiger charge is -2.24. The monoisotopic (exact) mass is 420 g/mol. The largest absolute Gasteiger partial charge is 0.372 e. The van der Waals surface area contributed by atoms with Crippen molar-refractivity contribution in [1.29, 1.82) is 0 Å². The van der Waals surface area contributed by atoms with Crippen molar-refractivity contribution in [2.45, 2.75) is 19.4 Å². The van der Waals surface area contributed by atoms with Gasteiger partial charge in [0, 0.05) is 16.3 Å². The number of rotatable bonds is 4. The Morgan fingerprint density at radius 3 is 2.60 bits per heavy atom. The fourth-order valence-corrected chi connectivity index (χ4v) is 3.98. The molecule has 2 amide bonds. The number of halogens is 1. The molecule has 0 radical (unpaired) electrons. The van der Waals surface area contributed by atoms with Crippen LogP contribution in [0.5, 0.6) is 0 Å². The smallest absolute Gasteiger partial charge is 0.268 e. The molecule has 2 N–H and O–H groups in total. The number of para-hydroxylation sites is 1. The molecule has 3 aromatic carbocycles. The molecule has 0 unspecified atom stereocenters. The molecule has 1 aliphatic heterocycles. The van der Waals surface area contributed by atoms with Crippen LogP contribution in [-0.4, -0.2) is 23.5 Å². The van der Waals surface area contributed by atoms with Gasteiger partial charge in [-0.3, -0.25) is 14.5 Å². The molecule has 1 atom stereocenters. The van der Waals surface area contributed by atoms with Crippen LogP contribution >= 0.6 is 11.6 Å². The highest BCUT2D eigenvalue weighted by Crippen LogP contribution is 2.44. The molecule has 0 aliphatic carbocycles. The first kappa shape index (κ1) is 20.1. The average Bonchev–Trinajstić information content (AvgIpc) is 2.94. The minimum atomic E-state index is -1.90. The summed E-state index contributed by atoms with van der Waals surface area (Å²) >= 11 is 6.10. The quantitative estimate of drug-likeness (QED) is 0.665. The van der Waals surface area contributed by atoms with E-state index in [2.05, 4.69) is 5.32 Å². The van der Waals surface area contributed by atoms with Crippen molar-refractivity contribution >= 4 is 34.8 Å². The normalized spacial score (nSPS) is 17.7. The van der Waals surface area contributed by atoms with Crippen molar-refractivity contribution in [3.63, 3.8) is 0 Å². The third kappa shape index (κ3) is 3.36. The van der Waals surface area contributed by atoms with Gasteiger partial charge in [0.25, 0.3) is 5.91 Å². The number of hydrogen-bond donors (Lipinski definition) is 2. The number of hydrogen-bond acceptors (Lipinski definition) is 3. The van der Waals surface area contributed by atoms with Crippen LogP contribution in [0, 0.1) is 13.8 Å². The fourth-order valence-electron chi connectivity index (χ4n) is 3.79. The first-order chi connectivity index (χ1) is 14.3. The Labute approximate surface area is 179 Å². The summed E-state index contributed by atoms with van der Waals surface area (Å²) in [5.74, 6) is -0.927. The van der Waals surface area contributed by atoms with E-state index >= 15 is 0 Å². The standard InChI is InChI=1S/C24H21ClN2O3/c1-15-10-11-16(2)20(12-15)26-22(28)14-27-21-9-4-3-8-19(21)24(30,23(27)29)17-6-5-7-18(25)13-17/h3-13,30H,14H2,1-2H3,(H,26,28)/t24-/m1/s1. The number of aryl methyl sites for hydroxylation is 2. The van der Waals surface area contributed by atoms with Crippen LogP contribution in [0.1, 0.15) is 22.3 Å². The van der Waals surface area contributed by atoms with E-state index in [1.165, 1.54) is 4.90 Å². The highest BCUT2D eigenvalue weighted by molar-refractivity contribution is 6.30. The molecular weight excluding hydrogens is 400 g/mol. The summed E-state index contributed by atoms with van der Waals surface area (Å²) in [6, 6.07) is 19.3. The number of nitrogens with zero attached hydrogens (tertiary/aromatic N) is 1. The summed E-state index contributed by atoms with van der Waals surface area (Å²) in [5, 5.41) is 14.8. The molecule has 1 heterocycles. The highest BCUT2D eigenvalue weighted by Gasteiger charge is 2.51. The van der Waals surface area contributed by atoms with Crippen LogP contribution in [0.3, 0.4) is 0 Å². The zero-order valence-corrected chi connectivity index (χ0v) is 17.4. The maximum atomic E-state index is 13.4. The van der Waals surface area contributed by atoms with Gasteiger partial charge in [-0.2, -0.15) is 0 Å². The second-order valence-electron chi connectivity index (χ2n) is 7.50. The van der Waals surface area contributed by atoms with Crippen LogP contribution < -0.4 is 10.2 Å². The Kier molecular flexibility index (Phi) is 5.10. The van der Waals surface area contributed by atoms with Crippen molar-refractivity contribution in [2.24, 2.45) is 0 Å². The molecule has 0 saturated heterocycles. The summed E-state index contributed by atoms with van der Waals surface area (Å²) in [5.41, 5.74) is 2.04. The SMILES string of the molecule is Cc1ccc(C)c(NC(=O)CN2C(=O)[C@@](O)(c3cccc(Cl)c3)c3ccccc32)c1. The van der Waals surface area contributed by atoms with E-state index in [9.17, 15) is 14.7 Å². The Hall–Kier alpha value is -3.15. The van der Waals surface area contributed by atoms with E-state index in [0.29, 0.717) is 27.5 Å². The Morgan fingerprint density at radius 2 is 1.83 bits per heavy atom. The first-order valence-electron chi connectivity index (χ1n) is 9.57. The lowest BCUT2D eigenvalue weighted by atomic mass is 9.87. The lowest BCUT2D eigenvalue weighted by Crippen LogP contribution is -2.44. The van der Waals surface area contributed by atoms with Crippen LogP contribution in [0.4, 0.5) is 11.4 Å². The van der Waals surface area contributed by atoms with Crippen molar-refractivity contribution < 1.29 is 14.7 Å². The van der Waals surface area contributed by atoms with Crippen molar-refractivity contribution in [2.75, 3.05) is 16.8 Å². The molecule has 30 heavy (non-hydrogen) atoms. The van der Waals surface area contributed by atoms with E-state index in [1.54, 1.807) is 48.5 Å². The number of fused-ring (bicyclic) bond motifs is 1. The summed E-state index contributed by atoms with van der Waals surface area (Å²) in [4.78, 5) is 27.5. The molecule has 0 saturated carbocycles. The topological polar surface area (TPSA) is 69.6 Å². The van der Waals surface area contributed by atoms with Gasteiger partial charge in [-0.05, 0) is 54.8 Å². The van der Waals surface area contributed by atoms with Gasteiger partial charge in [-0.25, -0.2) is 0 Å². The molecular formula is C24H21ClN2O3. The fraction of sp³-hybridized carbons (Fsp3) is 0.167. The number of aliphatic hydroxyl groups is 1. The van der Waals surface area contributed by atoms with Gasteiger partial charge in [0.1, 0.15) is 6.54 Å². The molecule has 0 fully saturated rings. The molecule has 1 aliphatic rings. The number of nitrogens with one attached hydrogen (secondary N) is 1. The maximum absolute atomic E-state index is 13.4. The summed E-state index contributed by atoms with van der Waals surface area (Å²) in [7, 11) is 0. The van der Waals surface area contributed by atoms with E-state index in [-0.39, 0.29) is 12.5 Å². The molecule has 0 aromatic heterocycles. The molecule has 0 bridgehead atoms. The molecule has 152 valence electrons. The van der Waals surface area contributed by atoms with Crippen LogP contribution in [0.25, 0.3) is 0 Å². The van der Waals surface area contributed by atoms with Crippen LogP contribution in [-0.2, 0) is 15.2 Å². The molecule has 6 heteroatoms. The van der Waals surface area contributed by atoms with E-state index in [1.807, 2.05) is 32.0 Å². The second-order valence-corrected chi connectivity index (χ2v) is 7.93. The zero-order chi connectivity index (χ0) is 21.5. The molecule has 3 aromatic rings.